The minimum atomic E-state index is -1.45. The van der Waals surface area contributed by atoms with Crippen LogP contribution in [0.5, 0.6) is 0 Å². The number of carbonyl (C=O) groups is 2. The first-order valence-electron chi connectivity index (χ1n) is 5.29. The van der Waals surface area contributed by atoms with Gasteiger partial charge in [0.15, 0.2) is 6.10 Å². The van der Waals surface area contributed by atoms with Crippen molar-refractivity contribution in [3.05, 3.63) is 0 Å². The fraction of sp³-hybridized carbons (Fsp3) is 0.778. The van der Waals surface area contributed by atoms with Gasteiger partial charge in [0.05, 0.1) is 0 Å². The molecule has 1 unspecified atom stereocenters. The lowest BCUT2D eigenvalue weighted by atomic mass is 10.2. The average molecular weight is 264 g/mol. The summed E-state index contributed by atoms with van der Waals surface area (Å²) in [6, 6.07) is -0.306. The van der Waals surface area contributed by atoms with Crippen molar-refractivity contribution in [1.29, 1.82) is 0 Å². The van der Waals surface area contributed by atoms with Crippen LogP contribution in [0.15, 0.2) is 0 Å². The van der Waals surface area contributed by atoms with Crippen LogP contribution in [0.25, 0.3) is 0 Å². The molecule has 1 saturated heterocycles. The van der Waals surface area contributed by atoms with Crippen LogP contribution < -0.4 is 5.32 Å². The number of hydrogen-bond donors (Lipinski definition) is 3. The Morgan fingerprint density at radius 3 is 2.47 bits per heavy atom. The quantitative estimate of drug-likeness (QED) is 0.578. The lowest BCUT2D eigenvalue weighted by molar-refractivity contribution is -0.146. The van der Waals surface area contributed by atoms with E-state index in [0.29, 0.717) is 24.6 Å². The number of urea groups is 1. The van der Waals surface area contributed by atoms with Gasteiger partial charge in [-0.3, -0.25) is 4.21 Å². The second kappa shape index (κ2) is 6.55. The number of carbonyl (C=O) groups excluding carboxylic acids is 1. The van der Waals surface area contributed by atoms with E-state index in [0.717, 1.165) is 0 Å². The van der Waals surface area contributed by atoms with Crippen LogP contribution in [-0.2, 0) is 15.6 Å². The maximum absolute atomic E-state index is 11.5. The Hall–Kier alpha value is -1.15. The van der Waals surface area contributed by atoms with Gasteiger partial charge in [-0.15, -0.1) is 0 Å². The molecule has 0 aromatic rings. The molecule has 0 aromatic carbocycles. The lowest BCUT2D eigenvalue weighted by Gasteiger charge is -2.26. The molecule has 1 heterocycles. The molecule has 0 radical (unpaired) electrons. The molecule has 7 nitrogen and oxygen atoms in total. The Bertz CT molecular complexity index is 313. The summed E-state index contributed by atoms with van der Waals surface area (Å²) in [7, 11) is -0.836. The topological polar surface area (TPSA) is 107 Å². The van der Waals surface area contributed by atoms with Crippen LogP contribution in [0, 0.1) is 0 Å². The first-order valence-corrected chi connectivity index (χ1v) is 6.78. The summed E-state index contributed by atoms with van der Waals surface area (Å²) in [6.45, 7) is 0.992. The summed E-state index contributed by atoms with van der Waals surface area (Å²) in [6.07, 6.45) is -1.48. The minimum Gasteiger partial charge on any atom is -0.479 e. The normalized spacial score (nSPS) is 18.8. The lowest BCUT2D eigenvalue weighted by Crippen LogP contribution is -2.47. The summed E-state index contributed by atoms with van der Waals surface area (Å²) in [5.41, 5.74) is 0. The highest BCUT2D eigenvalue weighted by Crippen LogP contribution is 2.00. The van der Waals surface area contributed by atoms with Crippen molar-refractivity contribution in [3.8, 4) is 0 Å². The number of amides is 2. The smallest absolute Gasteiger partial charge is 0.332 e. The predicted molar refractivity (Wildman–Crippen MR) is 61.1 cm³/mol. The number of carboxylic acid groups (broad SMARTS) is 1. The van der Waals surface area contributed by atoms with E-state index < -0.39 is 22.9 Å². The Labute approximate surface area is 101 Å². The average Bonchev–Trinajstić information content (AvgIpc) is 2.29. The molecular weight excluding hydrogens is 248 g/mol. The van der Waals surface area contributed by atoms with Crippen molar-refractivity contribution >= 4 is 22.8 Å². The van der Waals surface area contributed by atoms with Crippen molar-refractivity contribution in [1.82, 2.24) is 10.2 Å². The molecule has 1 rings (SSSR count). The summed E-state index contributed by atoms with van der Waals surface area (Å²) in [5, 5.41) is 19.9. The molecular formula is C9H16N2O5S. The number of rotatable bonds is 4. The molecule has 98 valence electrons. The van der Waals surface area contributed by atoms with Gasteiger partial charge in [-0.05, 0) is 0 Å². The molecule has 0 aliphatic carbocycles. The summed E-state index contributed by atoms with van der Waals surface area (Å²) in [5.74, 6) is -0.344. The molecule has 1 aliphatic heterocycles. The van der Waals surface area contributed by atoms with E-state index in [2.05, 4.69) is 5.32 Å². The third kappa shape index (κ3) is 4.70. The first-order chi connectivity index (χ1) is 8.00. The van der Waals surface area contributed by atoms with Gasteiger partial charge in [0, 0.05) is 48.4 Å². The molecule has 3 N–H and O–H groups in total. The molecule has 2 amide bonds. The van der Waals surface area contributed by atoms with Crippen molar-refractivity contribution in [2.45, 2.75) is 12.5 Å². The minimum absolute atomic E-state index is 0.0269. The SMILES string of the molecule is O=C(O)C(O)CCNC(=O)N1CCS(=O)CC1. The van der Waals surface area contributed by atoms with Crippen LogP contribution in [-0.4, -0.2) is 68.6 Å². The Morgan fingerprint density at radius 1 is 1.35 bits per heavy atom. The number of carboxylic acids is 1. The van der Waals surface area contributed by atoms with E-state index in [1.807, 2.05) is 0 Å². The molecule has 17 heavy (non-hydrogen) atoms. The number of hydrogen-bond acceptors (Lipinski definition) is 4. The third-order valence-corrected chi connectivity index (χ3v) is 3.72. The van der Waals surface area contributed by atoms with Crippen LogP contribution in [0.1, 0.15) is 6.42 Å². The first kappa shape index (κ1) is 13.9. The molecule has 1 atom stereocenters. The molecule has 8 heteroatoms. The van der Waals surface area contributed by atoms with Crippen LogP contribution in [0.4, 0.5) is 4.79 Å². The molecule has 1 fully saturated rings. The Balaban J connectivity index is 2.21. The zero-order valence-corrected chi connectivity index (χ0v) is 10.1. The van der Waals surface area contributed by atoms with Gasteiger partial charge >= 0.3 is 12.0 Å². The van der Waals surface area contributed by atoms with Gasteiger partial charge in [-0.25, -0.2) is 9.59 Å². The predicted octanol–water partition coefficient (Wildman–Crippen LogP) is -1.40. The highest BCUT2D eigenvalue weighted by atomic mass is 32.2. The maximum Gasteiger partial charge on any atom is 0.332 e. The highest BCUT2D eigenvalue weighted by Gasteiger charge is 2.20. The van der Waals surface area contributed by atoms with Gasteiger partial charge in [0.2, 0.25) is 0 Å². The van der Waals surface area contributed by atoms with Gasteiger partial charge in [-0.1, -0.05) is 0 Å². The van der Waals surface area contributed by atoms with Crippen LogP contribution >= 0.6 is 0 Å². The van der Waals surface area contributed by atoms with Gasteiger partial charge < -0.3 is 20.4 Å². The molecule has 1 aliphatic rings. The fourth-order valence-corrected chi connectivity index (χ4v) is 2.44. The highest BCUT2D eigenvalue weighted by molar-refractivity contribution is 7.85. The zero-order valence-electron chi connectivity index (χ0n) is 9.29. The summed E-state index contributed by atoms with van der Waals surface area (Å²) in [4.78, 5) is 23.4. The second-order valence-electron chi connectivity index (χ2n) is 3.71. The zero-order chi connectivity index (χ0) is 12.8. The van der Waals surface area contributed by atoms with Crippen molar-refractivity contribution in [2.24, 2.45) is 0 Å². The maximum atomic E-state index is 11.5. The molecule has 0 aromatic heterocycles. The van der Waals surface area contributed by atoms with Crippen molar-refractivity contribution < 1.29 is 24.0 Å². The van der Waals surface area contributed by atoms with E-state index in [-0.39, 0.29) is 19.0 Å². The van der Waals surface area contributed by atoms with E-state index >= 15 is 0 Å². The monoisotopic (exact) mass is 264 g/mol. The van der Waals surface area contributed by atoms with E-state index in [1.54, 1.807) is 0 Å². The number of aliphatic hydroxyl groups is 1. The van der Waals surface area contributed by atoms with Gasteiger partial charge in [0.25, 0.3) is 0 Å². The molecule has 0 spiro atoms. The van der Waals surface area contributed by atoms with E-state index in [1.165, 1.54) is 4.90 Å². The van der Waals surface area contributed by atoms with Crippen molar-refractivity contribution in [2.75, 3.05) is 31.1 Å². The molecule has 0 saturated carbocycles. The largest absolute Gasteiger partial charge is 0.479 e. The Morgan fingerprint density at radius 2 is 1.94 bits per heavy atom. The van der Waals surface area contributed by atoms with Crippen LogP contribution in [0.3, 0.4) is 0 Å². The number of aliphatic hydroxyl groups excluding tert-OH is 1. The molecule has 0 bridgehead atoms. The Kier molecular flexibility index (Phi) is 5.36. The van der Waals surface area contributed by atoms with Gasteiger partial charge in [0.1, 0.15) is 0 Å². The number of nitrogens with one attached hydrogen (secondary N) is 1. The van der Waals surface area contributed by atoms with Crippen LogP contribution in [0.2, 0.25) is 0 Å². The second-order valence-corrected chi connectivity index (χ2v) is 5.41. The fourth-order valence-electron chi connectivity index (χ4n) is 1.39. The number of nitrogens with zero attached hydrogens (tertiary/aromatic N) is 1. The van der Waals surface area contributed by atoms with Gasteiger partial charge in [-0.2, -0.15) is 0 Å². The number of aliphatic carboxylic acids is 1. The summed E-state index contributed by atoms with van der Waals surface area (Å²) < 4.78 is 11.1. The van der Waals surface area contributed by atoms with E-state index in [9.17, 15) is 13.8 Å². The standard InChI is InChI=1S/C9H16N2O5S/c12-7(8(13)14)1-2-10-9(15)11-3-5-17(16)6-4-11/h7,12H,1-6H2,(H,10,15)(H,13,14). The van der Waals surface area contributed by atoms with Crippen molar-refractivity contribution in [3.63, 3.8) is 0 Å². The summed E-state index contributed by atoms with van der Waals surface area (Å²) >= 11 is 0. The van der Waals surface area contributed by atoms with E-state index in [4.69, 9.17) is 10.2 Å². The third-order valence-electron chi connectivity index (χ3n) is 2.44.